The van der Waals surface area contributed by atoms with Crippen LogP contribution in [0.5, 0.6) is 0 Å². The van der Waals surface area contributed by atoms with Crippen LogP contribution in [0.4, 0.5) is 0 Å². The molecule has 0 atom stereocenters. The Morgan fingerprint density at radius 1 is 1.37 bits per heavy atom. The van der Waals surface area contributed by atoms with E-state index in [1.807, 2.05) is 24.7 Å². The summed E-state index contributed by atoms with van der Waals surface area (Å²) < 4.78 is 8.10. The number of hydrogen-bond donors (Lipinski definition) is 1. The second-order valence-corrected chi connectivity index (χ2v) is 5.07. The average Bonchev–Trinajstić information content (AvgIpc) is 3.00. The van der Waals surface area contributed by atoms with Crippen molar-refractivity contribution in [3.8, 4) is 11.3 Å². The van der Waals surface area contributed by atoms with E-state index in [1.54, 1.807) is 7.11 Å². The van der Waals surface area contributed by atoms with Crippen LogP contribution >= 0.6 is 15.9 Å². The van der Waals surface area contributed by atoms with Gasteiger partial charge in [0.15, 0.2) is 0 Å². The van der Waals surface area contributed by atoms with E-state index in [9.17, 15) is 0 Å². The molecule has 1 aromatic carbocycles. The highest BCUT2D eigenvalue weighted by atomic mass is 79.9. The molecule has 3 rings (SSSR count). The molecule has 0 aliphatic heterocycles. The van der Waals surface area contributed by atoms with Crippen molar-refractivity contribution in [1.29, 1.82) is 0 Å². The van der Waals surface area contributed by atoms with E-state index in [1.165, 1.54) is 5.39 Å². The monoisotopic (exact) mass is 319 g/mol. The molecule has 0 amide bonds. The van der Waals surface area contributed by atoms with E-state index in [4.69, 9.17) is 4.74 Å². The minimum Gasteiger partial charge on any atom is -0.383 e. The van der Waals surface area contributed by atoms with Gasteiger partial charge >= 0.3 is 0 Å². The molecule has 0 unspecified atom stereocenters. The highest BCUT2D eigenvalue weighted by molar-refractivity contribution is 9.10. The summed E-state index contributed by atoms with van der Waals surface area (Å²) in [6.45, 7) is 1.45. The Hall–Kier alpha value is -1.59. The fourth-order valence-corrected chi connectivity index (χ4v) is 2.78. The van der Waals surface area contributed by atoms with Crippen LogP contribution < -0.4 is 0 Å². The summed E-state index contributed by atoms with van der Waals surface area (Å²) >= 11 is 3.53. The first kappa shape index (κ1) is 12.4. The highest BCUT2D eigenvalue weighted by Gasteiger charge is 2.14. The first-order chi connectivity index (χ1) is 9.31. The van der Waals surface area contributed by atoms with Crippen LogP contribution in [0, 0.1) is 0 Å². The molecular formula is C14H14BrN3O. The summed E-state index contributed by atoms with van der Waals surface area (Å²) in [6.07, 6.45) is 3.86. The van der Waals surface area contributed by atoms with Crippen LogP contribution in [0.2, 0.25) is 0 Å². The molecule has 0 radical (unpaired) electrons. The SMILES string of the molecule is COCCn1cnc(Br)c1-c1c[nH]c2ccccc12. The molecule has 19 heavy (non-hydrogen) atoms. The number of benzene rings is 1. The zero-order chi connectivity index (χ0) is 13.2. The van der Waals surface area contributed by atoms with Gasteiger partial charge in [0.1, 0.15) is 4.60 Å². The number of aromatic amines is 1. The standard InChI is InChI=1S/C14H14BrN3O/c1-19-7-6-18-9-17-14(15)13(18)11-8-16-12-5-3-2-4-10(11)12/h2-5,8-9,16H,6-7H2,1H3. The van der Waals surface area contributed by atoms with Gasteiger partial charge in [-0.3, -0.25) is 0 Å². The van der Waals surface area contributed by atoms with Crippen molar-refractivity contribution >= 4 is 26.8 Å². The fraction of sp³-hybridized carbons (Fsp3) is 0.214. The minimum absolute atomic E-state index is 0.665. The molecule has 0 aliphatic carbocycles. The first-order valence-electron chi connectivity index (χ1n) is 6.07. The lowest BCUT2D eigenvalue weighted by Gasteiger charge is -2.07. The zero-order valence-electron chi connectivity index (χ0n) is 10.6. The molecule has 4 nitrogen and oxygen atoms in total. The molecule has 0 spiro atoms. The molecule has 0 aliphatic rings. The van der Waals surface area contributed by atoms with E-state index < -0.39 is 0 Å². The highest BCUT2D eigenvalue weighted by Crippen LogP contribution is 2.33. The smallest absolute Gasteiger partial charge is 0.132 e. The summed E-state index contributed by atoms with van der Waals surface area (Å²) in [5.74, 6) is 0. The van der Waals surface area contributed by atoms with E-state index in [0.29, 0.717) is 6.61 Å². The predicted molar refractivity (Wildman–Crippen MR) is 79.1 cm³/mol. The van der Waals surface area contributed by atoms with E-state index in [-0.39, 0.29) is 0 Å². The van der Waals surface area contributed by atoms with Crippen LogP contribution in [0.1, 0.15) is 0 Å². The van der Waals surface area contributed by atoms with E-state index >= 15 is 0 Å². The summed E-state index contributed by atoms with van der Waals surface area (Å²) in [4.78, 5) is 7.64. The van der Waals surface area contributed by atoms with Crippen LogP contribution in [0.25, 0.3) is 22.2 Å². The van der Waals surface area contributed by atoms with Gasteiger partial charge in [-0.15, -0.1) is 0 Å². The van der Waals surface area contributed by atoms with Crippen LogP contribution in [-0.2, 0) is 11.3 Å². The predicted octanol–water partition coefficient (Wildman–Crippen LogP) is 3.44. The molecule has 2 heterocycles. The van der Waals surface area contributed by atoms with Crippen LogP contribution in [0.3, 0.4) is 0 Å². The maximum absolute atomic E-state index is 5.14. The van der Waals surface area contributed by atoms with Crippen molar-refractivity contribution in [2.75, 3.05) is 13.7 Å². The number of ether oxygens (including phenoxy) is 1. The van der Waals surface area contributed by atoms with Crippen molar-refractivity contribution in [2.24, 2.45) is 0 Å². The van der Waals surface area contributed by atoms with Crippen LogP contribution in [-0.4, -0.2) is 28.3 Å². The Labute approximate surface area is 119 Å². The number of imidazole rings is 1. The van der Waals surface area contributed by atoms with Gasteiger partial charge in [-0.05, 0) is 22.0 Å². The van der Waals surface area contributed by atoms with Crippen molar-refractivity contribution < 1.29 is 4.74 Å². The lowest BCUT2D eigenvalue weighted by atomic mass is 10.1. The lowest BCUT2D eigenvalue weighted by Crippen LogP contribution is -2.04. The molecule has 3 aromatic rings. The van der Waals surface area contributed by atoms with E-state index in [2.05, 4.69) is 42.6 Å². The number of hydrogen-bond acceptors (Lipinski definition) is 2. The molecule has 0 saturated carbocycles. The Morgan fingerprint density at radius 3 is 3.05 bits per heavy atom. The molecule has 0 fully saturated rings. The number of halogens is 1. The maximum Gasteiger partial charge on any atom is 0.132 e. The molecule has 2 aromatic heterocycles. The van der Waals surface area contributed by atoms with Gasteiger partial charge in [0, 0.05) is 36.3 Å². The third kappa shape index (κ3) is 2.19. The van der Waals surface area contributed by atoms with Gasteiger partial charge in [-0.25, -0.2) is 4.98 Å². The summed E-state index contributed by atoms with van der Waals surface area (Å²) in [7, 11) is 1.71. The van der Waals surface area contributed by atoms with Gasteiger partial charge in [0.25, 0.3) is 0 Å². The average molecular weight is 320 g/mol. The largest absolute Gasteiger partial charge is 0.383 e. The van der Waals surface area contributed by atoms with Gasteiger partial charge in [-0.1, -0.05) is 18.2 Å². The molecule has 0 saturated heterocycles. The van der Waals surface area contributed by atoms with Crippen molar-refractivity contribution in [2.45, 2.75) is 6.54 Å². The zero-order valence-corrected chi connectivity index (χ0v) is 12.1. The third-order valence-electron chi connectivity index (χ3n) is 3.17. The number of nitrogens with one attached hydrogen (secondary N) is 1. The Balaban J connectivity index is 2.13. The number of fused-ring (bicyclic) bond motifs is 1. The van der Waals surface area contributed by atoms with Gasteiger partial charge in [0.2, 0.25) is 0 Å². The summed E-state index contributed by atoms with van der Waals surface area (Å²) in [5.41, 5.74) is 3.36. The Kier molecular flexibility index (Phi) is 3.40. The number of nitrogens with zero attached hydrogens (tertiary/aromatic N) is 2. The summed E-state index contributed by atoms with van der Waals surface area (Å²) in [5, 5.41) is 1.20. The fourth-order valence-electron chi connectivity index (χ4n) is 2.25. The number of methoxy groups -OCH3 is 1. The Morgan fingerprint density at radius 2 is 2.21 bits per heavy atom. The number of para-hydroxylation sites is 1. The van der Waals surface area contributed by atoms with Crippen LogP contribution in [0.15, 0.2) is 41.4 Å². The minimum atomic E-state index is 0.665. The summed E-state index contributed by atoms with van der Waals surface area (Å²) in [6, 6.07) is 8.26. The number of aromatic nitrogens is 3. The van der Waals surface area contributed by atoms with Crippen molar-refractivity contribution in [3.05, 3.63) is 41.4 Å². The first-order valence-corrected chi connectivity index (χ1v) is 6.86. The number of H-pyrrole nitrogens is 1. The maximum atomic E-state index is 5.14. The topological polar surface area (TPSA) is 42.8 Å². The van der Waals surface area contributed by atoms with Gasteiger partial charge in [0.05, 0.1) is 18.6 Å². The normalized spacial score (nSPS) is 11.3. The van der Waals surface area contributed by atoms with Crippen molar-refractivity contribution in [1.82, 2.24) is 14.5 Å². The van der Waals surface area contributed by atoms with Crippen molar-refractivity contribution in [3.63, 3.8) is 0 Å². The molecule has 0 bridgehead atoms. The molecule has 5 heteroatoms. The van der Waals surface area contributed by atoms with Gasteiger partial charge < -0.3 is 14.3 Å². The quantitative estimate of drug-likeness (QED) is 0.800. The molecule has 98 valence electrons. The third-order valence-corrected chi connectivity index (χ3v) is 3.75. The molecular weight excluding hydrogens is 306 g/mol. The molecule has 1 N–H and O–H groups in total. The van der Waals surface area contributed by atoms with Gasteiger partial charge in [-0.2, -0.15) is 0 Å². The van der Waals surface area contributed by atoms with E-state index in [0.717, 1.165) is 27.9 Å². The Bertz CT molecular complexity index is 702. The second-order valence-electron chi connectivity index (χ2n) is 4.32. The lowest BCUT2D eigenvalue weighted by molar-refractivity contribution is 0.187. The number of rotatable bonds is 4. The second kappa shape index (κ2) is 5.19.